The van der Waals surface area contributed by atoms with Crippen LogP contribution >= 0.6 is 0 Å². The van der Waals surface area contributed by atoms with E-state index in [0.717, 1.165) is 12.2 Å². The summed E-state index contributed by atoms with van der Waals surface area (Å²) in [6.07, 6.45) is 6.83. The number of allylic oxidation sites excluding steroid dienone is 4. The molecule has 0 saturated heterocycles. The van der Waals surface area contributed by atoms with Crippen molar-refractivity contribution >= 4 is 0 Å². The standard InChI is InChI=1S/C8H10O/c1-3-7-5-4-6-8(7)9-2/h3-4,6H,1,5H2,2H3. The van der Waals surface area contributed by atoms with Crippen LogP contribution in [0.4, 0.5) is 0 Å². The van der Waals surface area contributed by atoms with Crippen LogP contribution in [0.15, 0.2) is 36.1 Å². The summed E-state index contributed by atoms with van der Waals surface area (Å²) < 4.78 is 5.04. The molecule has 0 aromatic heterocycles. The van der Waals surface area contributed by atoms with Gasteiger partial charge in [0.1, 0.15) is 5.76 Å². The molecule has 0 heterocycles. The van der Waals surface area contributed by atoms with Gasteiger partial charge in [-0.05, 0) is 18.1 Å². The Kier molecular flexibility index (Phi) is 1.73. The summed E-state index contributed by atoms with van der Waals surface area (Å²) in [5.41, 5.74) is 1.18. The van der Waals surface area contributed by atoms with Crippen LogP contribution in [0, 0.1) is 0 Å². The van der Waals surface area contributed by atoms with Crippen LogP contribution in [0.5, 0.6) is 0 Å². The van der Waals surface area contributed by atoms with Crippen molar-refractivity contribution in [2.24, 2.45) is 0 Å². The summed E-state index contributed by atoms with van der Waals surface area (Å²) in [5, 5.41) is 0. The molecule has 0 spiro atoms. The Morgan fingerprint density at radius 3 is 3.00 bits per heavy atom. The minimum Gasteiger partial charge on any atom is -0.496 e. The van der Waals surface area contributed by atoms with Crippen LogP contribution in [0.25, 0.3) is 0 Å². The van der Waals surface area contributed by atoms with Gasteiger partial charge in [-0.1, -0.05) is 18.7 Å². The topological polar surface area (TPSA) is 9.23 Å². The number of ether oxygens (including phenoxy) is 1. The van der Waals surface area contributed by atoms with Crippen molar-refractivity contribution in [1.82, 2.24) is 0 Å². The molecule has 9 heavy (non-hydrogen) atoms. The molecule has 0 N–H and O–H groups in total. The van der Waals surface area contributed by atoms with Crippen molar-refractivity contribution in [2.45, 2.75) is 6.42 Å². The third-order valence-electron chi connectivity index (χ3n) is 1.39. The van der Waals surface area contributed by atoms with Crippen LogP contribution in [-0.2, 0) is 4.74 Å². The highest BCUT2D eigenvalue weighted by atomic mass is 16.5. The van der Waals surface area contributed by atoms with Gasteiger partial charge in [-0.2, -0.15) is 0 Å². The van der Waals surface area contributed by atoms with Crippen LogP contribution in [0.1, 0.15) is 6.42 Å². The molecule has 0 aliphatic heterocycles. The van der Waals surface area contributed by atoms with Gasteiger partial charge in [-0.15, -0.1) is 0 Å². The third kappa shape index (κ3) is 1.04. The van der Waals surface area contributed by atoms with Crippen molar-refractivity contribution in [1.29, 1.82) is 0 Å². The highest BCUT2D eigenvalue weighted by Crippen LogP contribution is 2.19. The van der Waals surface area contributed by atoms with Gasteiger partial charge in [-0.25, -0.2) is 0 Å². The van der Waals surface area contributed by atoms with Crippen LogP contribution in [0.3, 0.4) is 0 Å². The van der Waals surface area contributed by atoms with Crippen molar-refractivity contribution in [3.63, 3.8) is 0 Å². The van der Waals surface area contributed by atoms with E-state index < -0.39 is 0 Å². The highest BCUT2D eigenvalue weighted by molar-refractivity contribution is 5.35. The molecule has 1 nitrogen and oxygen atoms in total. The van der Waals surface area contributed by atoms with Crippen molar-refractivity contribution in [3.05, 3.63) is 36.1 Å². The van der Waals surface area contributed by atoms with Gasteiger partial charge >= 0.3 is 0 Å². The van der Waals surface area contributed by atoms with E-state index in [0.29, 0.717) is 0 Å². The second-order valence-electron chi connectivity index (χ2n) is 1.90. The molecule has 0 aromatic rings. The first-order valence-corrected chi connectivity index (χ1v) is 2.94. The Morgan fingerprint density at radius 2 is 2.56 bits per heavy atom. The maximum absolute atomic E-state index is 5.04. The summed E-state index contributed by atoms with van der Waals surface area (Å²) in [5.74, 6) is 0.949. The molecule has 0 aromatic carbocycles. The van der Waals surface area contributed by atoms with E-state index >= 15 is 0 Å². The first-order valence-electron chi connectivity index (χ1n) is 2.94. The van der Waals surface area contributed by atoms with Crippen molar-refractivity contribution < 1.29 is 4.74 Å². The maximum Gasteiger partial charge on any atom is 0.122 e. The largest absolute Gasteiger partial charge is 0.496 e. The zero-order chi connectivity index (χ0) is 6.69. The van der Waals surface area contributed by atoms with Gasteiger partial charge in [-0.3, -0.25) is 0 Å². The predicted octanol–water partition coefficient (Wildman–Crippen LogP) is 2.03. The quantitative estimate of drug-likeness (QED) is 0.544. The van der Waals surface area contributed by atoms with Gasteiger partial charge in [0, 0.05) is 0 Å². The fraction of sp³-hybridized carbons (Fsp3) is 0.250. The molecule has 0 saturated carbocycles. The Labute approximate surface area is 55.3 Å². The van der Waals surface area contributed by atoms with E-state index in [4.69, 9.17) is 4.74 Å². The molecule has 1 heteroatoms. The van der Waals surface area contributed by atoms with E-state index in [1.54, 1.807) is 7.11 Å². The lowest BCUT2D eigenvalue weighted by molar-refractivity contribution is 0.305. The minimum absolute atomic E-state index is 0.949. The third-order valence-corrected chi connectivity index (χ3v) is 1.39. The molecule has 0 unspecified atom stereocenters. The Morgan fingerprint density at radius 1 is 1.78 bits per heavy atom. The molecule has 1 aliphatic carbocycles. The Bertz CT molecular complexity index is 175. The minimum atomic E-state index is 0.949. The molecule has 0 radical (unpaired) electrons. The first kappa shape index (κ1) is 6.14. The Balaban J connectivity index is 2.79. The molecule has 0 amide bonds. The molecule has 0 atom stereocenters. The summed E-state index contributed by atoms with van der Waals surface area (Å²) in [6.45, 7) is 3.66. The summed E-state index contributed by atoms with van der Waals surface area (Å²) in [7, 11) is 1.68. The number of hydrogen-bond acceptors (Lipinski definition) is 1. The number of methoxy groups -OCH3 is 1. The van der Waals surface area contributed by atoms with Crippen LogP contribution in [-0.4, -0.2) is 7.11 Å². The fourth-order valence-electron chi connectivity index (χ4n) is 0.884. The molecular weight excluding hydrogens is 112 g/mol. The zero-order valence-electron chi connectivity index (χ0n) is 5.55. The first-order chi connectivity index (χ1) is 4.38. The monoisotopic (exact) mass is 122 g/mol. The van der Waals surface area contributed by atoms with Crippen molar-refractivity contribution in [3.8, 4) is 0 Å². The lowest BCUT2D eigenvalue weighted by Gasteiger charge is -1.98. The van der Waals surface area contributed by atoms with E-state index in [2.05, 4.69) is 12.7 Å². The van der Waals surface area contributed by atoms with E-state index in [9.17, 15) is 0 Å². The molecule has 0 fully saturated rings. The number of rotatable bonds is 2. The fourth-order valence-corrected chi connectivity index (χ4v) is 0.884. The maximum atomic E-state index is 5.04. The molecule has 1 rings (SSSR count). The van der Waals surface area contributed by atoms with Gasteiger partial charge in [0.15, 0.2) is 0 Å². The van der Waals surface area contributed by atoms with Gasteiger partial charge in [0.25, 0.3) is 0 Å². The summed E-state index contributed by atoms with van der Waals surface area (Å²) in [4.78, 5) is 0. The SMILES string of the molecule is C=CC1=C(OC)C=CC1. The van der Waals surface area contributed by atoms with Crippen LogP contribution < -0.4 is 0 Å². The Hall–Kier alpha value is -0.980. The van der Waals surface area contributed by atoms with Gasteiger partial charge in [0.05, 0.1) is 7.11 Å². The number of hydrogen-bond donors (Lipinski definition) is 0. The predicted molar refractivity (Wildman–Crippen MR) is 38.0 cm³/mol. The second-order valence-corrected chi connectivity index (χ2v) is 1.90. The normalized spacial score (nSPS) is 16.6. The average Bonchev–Trinajstić information content (AvgIpc) is 2.33. The lowest BCUT2D eigenvalue weighted by Crippen LogP contribution is -1.81. The van der Waals surface area contributed by atoms with E-state index in [1.165, 1.54) is 5.57 Å². The van der Waals surface area contributed by atoms with Gasteiger partial charge in [0.2, 0.25) is 0 Å². The van der Waals surface area contributed by atoms with E-state index in [1.807, 2.05) is 12.2 Å². The summed E-state index contributed by atoms with van der Waals surface area (Å²) in [6, 6.07) is 0. The zero-order valence-corrected chi connectivity index (χ0v) is 5.55. The summed E-state index contributed by atoms with van der Waals surface area (Å²) >= 11 is 0. The molecule has 1 aliphatic rings. The van der Waals surface area contributed by atoms with Gasteiger partial charge < -0.3 is 4.74 Å². The lowest BCUT2D eigenvalue weighted by atomic mass is 10.2. The second kappa shape index (κ2) is 2.53. The average molecular weight is 122 g/mol. The molecule has 48 valence electrons. The highest BCUT2D eigenvalue weighted by Gasteiger charge is 2.03. The molecular formula is C8H10O. The van der Waals surface area contributed by atoms with Crippen LogP contribution in [0.2, 0.25) is 0 Å². The van der Waals surface area contributed by atoms with E-state index in [-0.39, 0.29) is 0 Å². The molecule has 0 bridgehead atoms. The smallest absolute Gasteiger partial charge is 0.122 e. The van der Waals surface area contributed by atoms with Crippen molar-refractivity contribution in [2.75, 3.05) is 7.11 Å².